The van der Waals surface area contributed by atoms with Crippen molar-refractivity contribution >= 4 is 59.9 Å². The van der Waals surface area contributed by atoms with Crippen LogP contribution in [-0.2, 0) is 6.61 Å². The van der Waals surface area contributed by atoms with Crippen molar-refractivity contribution in [2.24, 2.45) is 5.10 Å². The lowest BCUT2D eigenvalue weighted by atomic mass is 10.1. The van der Waals surface area contributed by atoms with Gasteiger partial charge in [0.25, 0.3) is 5.56 Å². The minimum Gasteiger partial charge on any atom is -0.488 e. The summed E-state index contributed by atoms with van der Waals surface area (Å²) in [6, 6.07) is 28.6. The molecule has 6 nitrogen and oxygen atoms in total. The van der Waals surface area contributed by atoms with Gasteiger partial charge in [0.15, 0.2) is 5.76 Å². The van der Waals surface area contributed by atoms with Crippen LogP contribution in [0.25, 0.3) is 33.5 Å². The van der Waals surface area contributed by atoms with Gasteiger partial charge >= 0.3 is 0 Å². The van der Waals surface area contributed by atoms with Crippen LogP contribution in [0.1, 0.15) is 16.7 Å². The molecule has 192 valence electrons. The molecule has 0 bridgehead atoms. The molecule has 0 amide bonds. The van der Waals surface area contributed by atoms with Crippen LogP contribution >= 0.6 is 31.9 Å². The third-order valence-corrected chi connectivity index (χ3v) is 7.20. The third kappa shape index (κ3) is 5.30. The van der Waals surface area contributed by atoms with E-state index < -0.39 is 0 Å². The van der Waals surface area contributed by atoms with E-state index in [1.165, 1.54) is 10.2 Å². The molecule has 0 atom stereocenters. The molecule has 39 heavy (non-hydrogen) atoms. The van der Waals surface area contributed by atoms with Gasteiger partial charge in [-0.25, -0.2) is 4.98 Å². The van der Waals surface area contributed by atoms with Crippen LogP contribution in [0.15, 0.2) is 114 Å². The predicted octanol–water partition coefficient (Wildman–Crippen LogP) is 8.10. The summed E-state index contributed by atoms with van der Waals surface area (Å²) < 4.78 is 15.3. The van der Waals surface area contributed by atoms with Crippen molar-refractivity contribution in [3.8, 4) is 17.3 Å². The van der Waals surface area contributed by atoms with E-state index in [-0.39, 0.29) is 5.56 Å². The van der Waals surface area contributed by atoms with Gasteiger partial charge in [0.05, 0.1) is 17.1 Å². The molecule has 0 fully saturated rings. The van der Waals surface area contributed by atoms with Crippen molar-refractivity contribution in [3.05, 3.63) is 127 Å². The average molecular weight is 643 g/mol. The summed E-state index contributed by atoms with van der Waals surface area (Å²) >= 11 is 7.03. The van der Waals surface area contributed by atoms with E-state index in [2.05, 4.69) is 56.0 Å². The molecule has 8 heteroatoms. The highest BCUT2D eigenvalue weighted by molar-refractivity contribution is 9.10. The maximum atomic E-state index is 13.6. The van der Waals surface area contributed by atoms with Crippen LogP contribution in [0, 0.1) is 6.92 Å². The highest BCUT2D eigenvalue weighted by atomic mass is 79.9. The quantitative estimate of drug-likeness (QED) is 0.172. The number of rotatable bonds is 6. The Balaban J connectivity index is 1.44. The first-order valence-corrected chi connectivity index (χ1v) is 13.8. The molecule has 2 heterocycles. The number of benzene rings is 4. The van der Waals surface area contributed by atoms with Crippen molar-refractivity contribution in [1.29, 1.82) is 0 Å². The molecule has 0 radical (unpaired) electrons. The Labute approximate surface area is 240 Å². The van der Waals surface area contributed by atoms with Crippen LogP contribution in [0.2, 0.25) is 0 Å². The van der Waals surface area contributed by atoms with E-state index in [4.69, 9.17) is 14.1 Å². The number of halogens is 2. The molecule has 0 saturated heterocycles. The number of hydrogen-bond acceptors (Lipinski definition) is 5. The largest absolute Gasteiger partial charge is 0.488 e. The fourth-order valence-corrected chi connectivity index (χ4v) is 5.11. The molecule has 2 aromatic heterocycles. The average Bonchev–Trinajstić information content (AvgIpc) is 3.35. The molecule has 0 N–H and O–H groups in total. The number of fused-ring (bicyclic) bond motifs is 2. The molecule has 0 aliphatic rings. The Morgan fingerprint density at radius 1 is 0.949 bits per heavy atom. The lowest BCUT2D eigenvalue weighted by Crippen LogP contribution is -2.20. The highest BCUT2D eigenvalue weighted by Crippen LogP contribution is 2.29. The van der Waals surface area contributed by atoms with Crippen molar-refractivity contribution in [2.75, 3.05) is 0 Å². The standard InChI is InChI=1S/C31H21Br2N3O3/c1-19-5-4-6-20(13-19)18-38-27-11-9-24(33)15-22(27)17-34-36-30(35-26-8-3-2-7-25(26)31(36)37)29-16-21-14-23(32)10-12-28(21)39-29/h2-17H,18H2,1H3. The topological polar surface area (TPSA) is 69.6 Å². The highest BCUT2D eigenvalue weighted by Gasteiger charge is 2.17. The Bertz CT molecular complexity index is 1940. The van der Waals surface area contributed by atoms with Gasteiger partial charge < -0.3 is 9.15 Å². The molecule has 4 aromatic carbocycles. The molecule has 6 rings (SSSR count). The molecule has 0 saturated carbocycles. The van der Waals surface area contributed by atoms with Gasteiger partial charge in [-0.05, 0) is 67.1 Å². The second kappa shape index (κ2) is 10.6. The summed E-state index contributed by atoms with van der Waals surface area (Å²) in [7, 11) is 0. The minimum absolute atomic E-state index is 0.300. The summed E-state index contributed by atoms with van der Waals surface area (Å²) in [5, 5.41) is 5.95. The van der Waals surface area contributed by atoms with E-state index >= 15 is 0 Å². The van der Waals surface area contributed by atoms with Gasteiger partial charge in [-0.15, -0.1) is 0 Å². The van der Waals surface area contributed by atoms with Gasteiger partial charge in [0.1, 0.15) is 17.9 Å². The number of furan rings is 1. The Kier molecular flexibility index (Phi) is 6.89. The van der Waals surface area contributed by atoms with E-state index in [1.807, 2.05) is 66.7 Å². The summed E-state index contributed by atoms with van der Waals surface area (Å²) in [6.45, 7) is 2.45. The van der Waals surface area contributed by atoms with Crippen molar-refractivity contribution in [2.45, 2.75) is 13.5 Å². The first-order chi connectivity index (χ1) is 18.9. The Hall–Kier alpha value is -4.01. The van der Waals surface area contributed by atoms with Crippen molar-refractivity contribution < 1.29 is 9.15 Å². The van der Waals surface area contributed by atoms with Crippen LogP contribution < -0.4 is 10.3 Å². The molecule has 0 aliphatic heterocycles. The van der Waals surface area contributed by atoms with Crippen LogP contribution in [0.4, 0.5) is 0 Å². The van der Waals surface area contributed by atoms with Crippen molar-refractivity contribution in [1.82, 2.24) is 9.66 Å². The number of nitrogens with zero attached hydrogens (tertiary/aromatic N) is 3. The molecular weight excluding hydrogens is 622 g/mol. The first kappa shape index (κ1) is 25.3. The van der Waals surface area contributed by atoms with E-state index in [0.717, 1.165) is 19.9 Å². The van der Waals surface area contributed by atoms with Crippen LogP contribution in [-0.4, -0.2) is 15.9 Å². The minimum atomic E-state index is -0.300. The van der Waals surface area contributed by atoms with Crippen LogP contribution in [0.3, 0.4) is 0 Å². The normalized spacial score (nSPS) is 11.6. The zero-order valence-corrected chi connectivity index (χ0v) is 23.9. The number of aromatic nitrogens is 2. The van der Waals surface area contributed by atoms with Crippen molar-refractivity contribution in [3.63, 3.8) is 0 Å². The number of hydrogen-bond donors (Lipinski definition) is 0. The lowest BCUT2D eigenvalue weighted by molar-refractivity contribution is 0.305. The van der Waals surface area contributed by atoms with Gasteiger partial charge in [-0.1, -0.05) is 73.8 Å². The van der Waals surface area contributed by atoms with Gasteiger partial charge in [0.2, 0.25) is 5.82 Å². The second-order valence-electron chi connectivity index (χ2n) is 9.07. The maximum absolute atomic E-state index is 13.6. The lowest BCUT2D eigenvalue weighted by Gasteiger charge is -2.11. The third-order valence-electron chi connectivity index (χ3n) is 6.21. The van der Waals surface area contributed by atoms with E-state index in [9.17, 15) is 4.79 Å². The SMILES string of the molecule is Cc1cccc(COc2ccc(Br)cc2C=Nn2c(-c3cc4cc(Br)ccc4o3)nc3ccccc3c2=O)c1. The monoisotopic (exact) mass is 641 g/mol. The first-order valence-electron chi connectivity index (χ1n) is 12.2. The molecule has 0 spiro atoms. The fraction of sp³-hybridized carbons (Fsp3) is 0.0645. The Morgan fingerprint density at radius 2 is 1.77 bits per heavy atom. The van der Waals surface area contributed by atoms with Gasteiger partial charge in [0, 0.05) is 19.9 Å². The summed E-state index contributed by atoms with van der Waals surface area (Å²) in [5.74, 6) is 1.38. The Morgan fingerprint density at radius 3 is 2.64 bits per heavy atom. The van der Waals surface area contributed by atoms with Gasteiger partial charge in [-0.3, -0.25) is 4.79 Å². The molecule has 0 aliphatic carbocycles. The molecule has 0 unspecified atom stereocenters. The molecular formula is C31H21Br2N3O3. The van der Waals surface area contributed by atoms with Gasteiger partial charge in [-0.2, -0.15) is 9.78 Å². The second-order valence-corrected chi connectivity index (χ2v) is 10.9. The smallest absolute Gasteiger partial charge is 0.282 e. The van der Waals surface area contributed by atoms with E-state index in [1.54, 1.807) is 18.3 Å². The zero-order chi connectivity index (χ0) is 26.9. The summed E-state index contributed by atoms with van der Waals surface area (Å²) in [5.41, 5.74) is 3.89. The zero-order valence-electron chi connectivity index (χ0n) is 20.8. The maximum Gasteiger partial charge on any atom is 0.282 e. The summed E-state index contributed by atoms with van der Waals surface area (Å²) in [4.78, 5) is 18.4. The molecule has 6 aromatic rings. The number of ether oxygens (including phenoxy) is 1. The number of aryl methyl sites for hydroxylation is 1. The number of para-hydroxylation sites is 1. The summed E-state index contributed by atoms with van der Waals surface area (Å²) in [6.07, 6.45) is 1.61. The fourth-order valence-electron chi connectivity index (χ4n) is 4.35. The van der Waals surface area contributed by atoms with Crippen LogP contribution in [0.5, 0.6) is 5.75 Å². The van der Waals surface area contributed by atoms with E-state index in [0.29, 0.717) is 46.0 Å². The predicted molar refractivity (Wildman–Crippen MR) is 162 cm³/mol.